The molecule has 1 aromatic rings. The Hall–Kier alpha value is -1.15. The van der Waals surface area contributed by atoms with Gasteiger partial charge in [-0.1, -0.05) is 0 Å². The Labute approximate surface area is 169 Å². The van der Waals surface area contributed by atoms with Gasteiger partial charge in [0.2, 0.25) is 15.9 Å². The molecule has 1 aliphatic heterocycles. The van der Waals surface area contributed by atoms with E-state index in [-0.39, 0.29) is 37.3 Å². The number of rotatable bonds is 6. The van der Waals surface area contributed by atoms with Gasteiger partial charge in [0.15, 0.2) is 0 Å². The largest absolute Gasteiger partial charge is 0.353 e. The summed E-state index contributed by atoms with van der Waals surface area (Å²) in [6.07, 6.45) is 1.97. The standard InChI is InChI=1S/C19H31N3O3S.ClH/c1-12-13(2)15(4)19(16(5)14(12)3)26(24,25)21-11-8-18(23)22-17-6-9-20-10-7-17;/h17,20-21H,6-11H2,1-5H3,(H,22,23);1H. The number of carbonyl (C=O) groups excluding carboxylic acids is 1. The minimum atomic E-state index is -3.65. The number of carbonyl (C=O) groups is 1. The van der Waals surface area contributed by atoms with Gasteiger partial charge in [-0.05, 0) is 88.4 Å². The fourth-order valence-electron chi connectivity index (χ4n) is 3.51. The van der Waals surface area contributed by atoms with Crippen LogP contribution in [0.4, 0.5) is 0 Å². The van der Waals surface area contributed by atoms with Crippen molar-refractivity contribution < 1.29 is 13.2 Å². The molecule has 0 unspecified atom stereocenters. The maximum Gasteiger partial charge on any atom is 0.241 e. The molecule has 1 aromatic carbocycles. The Morgan fingerprint density at radius 3 is 1.96 bits per heavy atom. The summed E-state index contributed by atoms with van der Waals surface area (Å²) in [5, 5.41) is 6.23. The third-order valence-electron chi connectivity index (χ3n) is 5.55. The molecule has 0 aliphatic carbocycles. The Morgan fingerprint density at radius 2 is 1.44 bits per heavy atom. The van der Waals surface area contributed by atoms with Gasteiger partial charge in [-0.25, -0.2) is 13.1 Å². The Bertz CT molecular complexity index is 759. The van der Waals surface area contributed by atoms with Crippen molar-refractivity contribution in [1.29, 1.82) is 0 Å². The SMILES string of the molecule is Cc1c(C)c(C)c(S(=O)(=O)NCCC(=O)NC2CCNCC2)c(C)c1C.Cl. The minimum Gasteiger partial charge on any atom is -0.353 e. The maximum absolute atomic E-state index is 12.8. The Balaban J connectivity index is 0.00000364. The van der Waals surface area contributed by atoms with Crippen LogP contribution in [0.3, 0.4) is 0 Å². The van der Waals surface area contributed by atoms with Gasteiger partial charge < -0.3 is 10.6 Å². The molecule has 8 heteroatoms. The van der Waals surface area contributed by atoms with Gasteiger partial charge in [0.25, 0.3) is 0 Å². The summed E-state index contributed by atoms with van der Waals surface area (Å²) in [7, 11) is -3.65. The summed E-state index contributed by atoms with van der Waals surface area (Å²) in [5.41, 5.74) is 4.67. The molecule has 0 bridgehead atoms. The topological polar surface area (TPSA) is 87.3 Å². The third-order valence-corrected chi connectivity index (χ3v) is 7.28. The fraction of sp³-hybridized carbons (Fsp3) is 0.632. The summed E-state index contributed by atoms with van der Waals surface area (Å²) in [5.74, 6) is -0.107. The monoisotopic (exact) mass is 417 g/mol. The zero-order valence-corrected chi connectivity index (χ0v) is 18.5. The van der Waals surface area contributed by atoms with Gasteiger partial charge in [-0.15, -0.1) is 12.4 Å². The van der Waals surface area contributed by atoms with Crippen LogP contribution in [0.5, 0.6) is 0 Å². The quantitative estimate of drug-likeness (QED) is 0.662. The van der Waals surface area contributed by atoms with E-state index in [9.17, 15) is 13.2 Å². The van der Waals surface area contributed by atoms with Gasteiger partial charge >= 0.3 is 0 Å². The number of benzene rings is 1. The Morgan fingerprint density at radius 1 is 0.963 bits per heavy atom. The first kappa shape index (κ1) is 23.9. The van der Waals surface area contributed by atoms with Crippen molar-refractivity contribution in [1.82, 2.24) is 15.4 Å². The van der Waals surface area contributed by atoms with Crippen molar-refractivity contribution in [2.45, 2.75) is 64.8 Å². The van der Waals surface area contributed by atoms with E-state index in [1.54, 1.807) is 0 Å². The summed E-state index contributed by atoms with van der Waals surface area (Å²) in [6.45, 7) is 11.5. The number of piperidine rings is 1. The van der Waals surface area contributed by atoms with E-state index < -0.39 is 10.0 Å². The van der Waals surface area contributed by atoms with Crippen molar-refractivity contribution >= 4 is 28.3 Å². The van der Waals surface area contributed by atoms with Crippen LogP contribution in [-0.2, 0) is 14.8 Å². The molecule has 2 rings (SSSR count). The molecule has 0 atom stereocenters. The molecule has 0 aromatic heterocycles. The Kier molecular flexibility index (Phi) is 8.73. The smallest absolute Gasteiger partial charge is 0.241 e. The molecule has 0 radical (unpaired) electrons. The number of amides is 1. The lowest BCUT2D eigenvalue weighted by Gasteiger charge is -2.23. The first-order valence-electron chi connectivity index (χ1n) is 9.22. The predicted octanol–water partition coefficient (Wildman–Crippen LogP) is 2.19. The van der Waals surface area contributed by atoms with Crippen molar-refractivity contribution in [3.8, 4) is 0 Å². The number of hydrogen-bond donors (Lipinski definition) is 3. The fourth-order valence-corrected chi connectivity index (χ4v) is 5.13. The highest BCUT2D eigenvalue weighted by Gasteiger charge is 2.23. The van der Waals surface area contributed by atoms with E-state index in [0.717, 1.165) is 53.7 Å². The molecule has 1 heterocycles. The molecular weight excluding hydrogens is 386 g/mol. The lowest BCUT2D eigenvalue weighted by atomic mass is 9.95. The lowest BCUT2D eigenvalue weighted by molar-refractivity contribution is -0.121. The van der Waals surface area contributed by atoms with Crippen molar-refractivity contribution in [2.24, 2.45) is 0 Å². The van der Waals surface area contributed by atoms with Gasteiger partial charge in [-0.2, -0.15) is 0 Å². The van der Waals surface area contributed by atoms with E-state index in [1.807, 2.05) is 34.6 Å². The van der Waals surface area contributed by atoms with E-state index in [4.69, 9.17) is 0 Å². The van der Waals surface area contributed by atoms with Crippen LogP contribution in [0.15, 0.2) is 4.90 Å². The average Bonchev–Trinajstić information content (AvgIpc) is 2.59. The number of hydrogen-bond acceptors (Lipinski definition) is 4. The number of sulfonamides is 1. The first-order chi connectivity index (χ1) is 12.1. The zero-order chi connectivity index (χ0) is 19.5. The molecule has 3 N–H and O–H groups in total. The molecule has 1 fully saturated rings. The second-order valence-electron chi connectivity index (χ2n) is 7.19. The summed E-state index contributed by atoms with van der Waals surface area (Å²) >= 11 is 0. The van der Waals surface area contributed by atoms with Crippen molar-refractivity contribution in [3.63, 3.8) is 0 Å². The van der Waals surface area contributed by atoms with Gasteiger partial charge in [0.1, 0.15) is 0 Å². The molecule has 154 valence electrons. The summed E-state index contributed by atoms with van der Waals surface area (Å²) in [6, 6.07) is 0.187. The highest BCUT2D eigenvalue weighted by molar-refractivity contribution is 7.89. The van der Waals surface area contributed by atoms with Crippen molar-refractivity contribution in [2.75, 3.05) is 19.6 Å². The molecule has 0 saturated carbocycles. The predicted molar refractivity (Wildman–Crippen MR) is 111 cm³/mol. The summed E-state index contributed by atoms with van der Waals surface area (Å²) in [4.78, 5) is 12.4. The van der Waals surface area contributed by atoms with Crippen LogP contribution in [0.25, 0.3) is 0 Å². The average molecular weight is 418 g/mol. The van der Waals surface area contributed by atoms with Gasteiger partial charge in [0, 0.05) is 19.0 Å². The van der Waals surface area contributed by atoms with Crippen LogP contribution in [0.1, 0.15) is 47.1 Å². The molecule has 1 amide bonds. The molecule has 1 aliphatic rings. The van der Waals surface area contributed by atoms with Gasteiger partial charge in [-0.3, -0.25) is 4.79 Å². The second-order valence-corrected chi connectivity index (χ2v) is 8.90. The molecule has 6 nitrogen and oxygen atoms in total. The van der Waals surface area contributed by atoms with Crippen LogP contribution in [0.2, 0.25) is 0 Å². The van der Waals surface area contributed by atoms with Crippen molar-refractivity contribution in [3.05, 3.63) is 27.8 Å². The summed E-state index contributed by atoms with van der Waals surface area (Å²) < 4.78 is 28.2. The normalized spacial score (nSPS) is 15.3. The number of nitrogens with one attached hydrogen (secondary N) is 3. The second kappa shape index (κ2) is 9.87. The highest BCUT2D eigenvalue weighted by atomic mass is 35.5. The van der Waals surface area contributed by atoms with E-state index >= 15 is 0 Å². The van der Waals surface area contributed by atoms with E-state index in [0.29, 0.717) is 4.90 Å². The van der Waals surface area contributed by atoms with Gasteiger partial charge in [0.05, 0.1) is 4.90 Å². The van der Waals surface area contributed by atoms with E-state index in [1.165, 1.54) is 0 Å². The molecular formula is C19H32ClN3O3S. The zero-order valence-electron chi connectivity index (χ0n) is 16.9. The number of halogens is 1. The molecule has 1 saturated heterocycles. The highest BCUT2D eigenvalue weighted by Crippen LogP contribution is 2.29. The molecule has 0 spiro atoms. The first-order valence-corrected chi connectivity index (χ1v) is 10.7. The maximum atomic E-state index is 12.8. The lowest BCUT2D eigenvalue weighted by Crippen LogP contribution is -2.43. The van der Waals surface area contributed by atoms with Crippen LogP contribution >= 0.6 is 12.4 Å². The van der Waals surface area contributed by atoms with Crippen LogP contribution < -0.4 is 15.4 Å². The molecule has 27 heavy (non-hydrogen) atoms. The van der Waals surface area contributed by atoms with E-state index in [2.05, 4.69) is 15.4 Å². The van der Waals surface area contributed by atoms with Crippen LogP contribution in [0, 0.1) is 34.6 Å². The third kappa shape index (κ3) is 5.67. The van der Waals surface area contributed by atoms with Crippen LogP contribution in [-0.4, -0.2) is 40.0 Å². The minimum absolute atomic E-state index is 0.